The molecule has 2 aromatic carbocycles. The molecule has 0 saturated heterocycles. The lowest BCUT2D eigenvalue weighted by Gasteiger charge is -2.15. The molecular formula is C22H28N2O3. The van der Waals surface area contributed by atoms with Crippen molar-refractivity contribution in [3.8, 4) is 5.75 Å². The van der Waals surface area contributed by atoms with Crippen LogP contribution in [0.25, 0.3) is 0 Å². The number of rotatable bonds is 8. The van der Waals surface area contributed by atoms with Gasteiger partial charge in [0, 0.05) is 6.04 Å². The number of para-hydroxylation sites is 2. The van der Waals surface area contributed by atoms with Crippen LogP contribution in [0, 0.1) is 5.92 Å². The highest BCUT2D eigenvalue weighted by atomic mass is 16.5. The average Bonchev–Trinajstić information content (AvgIpc) is 2.61. The molecule has 5 heteroatoms. The van der Waals surface area contributed by atoms with E-state index < -0.39 is 0 Å². The molecular weight excluding hydrogens is 340 g/mol. The lowest BCUT2D eigenvalue weighted by atomic mass is 10.1. The Hall–Kier alpha value is -2.82. The van der Waals surface area contributed by atoms with E-state index in [-0.39, 0.29) is 17.9 Å². The number of amides is 2. The largest absolute Gasteiger partial charge is 0.493 e. The number of hydrogen-bond acceptors (Lipinski definition) is 3. The molecule has 2 N–H and O–H groups in total. The highest BCUT2D eigenvalue weighted by Gasteiger charge is 2.17. The first-order valence-electron chi connectivity index (χ1n) is 9.31. The van der Waals surface area contributed by atoms with Crippen molar-refractivity contribution in [3.63, 3.8) is 0 Å². The number of carbonyl (C=O) groups excluding carboxylic acids is 2. The number of benzene rings is 2. The van der Waals surface area contributed by atoms with E-state index in [4.69, 9.17) is 4.74 Å². The van der Waals surface area contributed by atoms with E-state index >= 15 is 0 Å². The van der Waals surface area contributed by atoms with Crippen molar-refractivity contribution in [2.45, 2.75) is 40.2 Å². The Bertz CT molecular complexity index is 785. The molecule has 27 heavy (non-hydrogen) atoms. The van der Waals surface area contributed by atoms with E-state index in [0.29, 0.717) is 35.1 Å². The summed E-state index contributed by atoms with van der Waals surface area (Å²) in [5.74, 6) is 0.541. The predicted molar refractivity (Wildman–Crippen MR) is 108 cm³/mol. The van der Waals surface area contributed by atoms with E-state index in [0.717, 1.165) is 6.42 Å². The van der Waals surface area contributed by atoms with Crippen molar-refractivity contribution in [3.05, 3.63) is 59.7 Å². The van der Waals surface area contributed by atoms with E-state index in [1.807, 2.05) is 19.9 Å². The summed E-state index contributed by atoms with van der Waals surface area (Å²) in [7, 11) is 0. The molecule has 0 aliphatic carbocycles. The molecule has 0 unspecified atom stereocenters. The zero-order chi connectivity index (χ0) is 19.8. The SMILES string of the molecule is CC(C)CCOc1ccccc1C(=O)Nc1ccccc1C(=O)NC(C)C. The minimum atomic E-state index is -0.306. The van der Waals surface area contributed by atoms with Crippen molar-refractivity contribution >= 4 is 17.5 Å². The number of carbonyl (C=O) groups is 2. The van der Waals surface area contributed by atoms with Crippen molar-refractivity contribution in [1.29, 1.82) is 0 Å². The summed E-state index contributed by atoms with van der Waals surface area (Å²) in [6, 6.07) is 14.1. The molecule has 0 fully saturated rings. The van der Waals surface area contributed by atoms with Crippen molar-refractivity contribution in [2.24, 2.45) is 5.92 Å². The highest BCUT2D eigenvalue weighted by Crippen LogP contribution is 2.22. The quantitative estimate of drug-likeness (QED) is 0.721. The van der Waals surface area contributed by atoms with Crippen LogP contribution in [0.15, 0.2) is 48.5 Å². The topological polar surface area (TPSA) is 67.4 Å². The lowest BCUT2D eigenvalue weighted by molar-refractivity contribution is 0.0944. The normalized spacial score (nSPS) is 10.7. The standard InChI is InChI=1S/C22H28N2O3/c1-15(2)13-14-27-20-12-8-6-10-18(20)22(26)24-19-11-7-5-9-17(19)21(25)23-16(3)4/h5-12,15-16H,13-14H2,1-4H3,(H,23,25)(H,24,26). The molecule has 0 saturated carbocycles. The van der Waals surface area contributed by atoms with Gasteiger partial charge in [0.25, 0.3) is 11.8 Å². The van der Waals surface area contributed by atoms with Crippen molar-refractivity contribution in [1.82, 2.24) is 5.32 Å². The van der Waals surface area contributed by atoms with E-state index in [1.54, 1.807) is 42.5 Å². The fraction of sp³-hybridized carbons (Fsp3) is 0.364. The first kappa shape index (κ1) is 20.5. The average molecular weight is 368 g/mol. The third-order valence-corrected chi connectivity index (χ3v) is 3.92. The van der Waals surface area contributed by atoms with Gasteiger partial charge in [-0.2, -0.15) is 0 Å². The number of nitrogens with one attached hydrogen (secondary N) is 2. The first-order chi connectivity index (χ1) is 12.9. The zero-order valence-electron chi connectivity index (χ0n) is 16.4. The summed E-state index contributed by atoms with van der Waals surface area (Å²) in [5.41, 5.74) is 1.34. The summed E-state index contributed by atoms with van der Waals surface area (Å²) in [5, 5.41) is 5.69. The van der Waals surface area contributed by atoms with Crippen LogP contribution < -0.4 is 15.4 Å². The molecule has 2 rings (SSSR count). The van der Waals surface area contributed by atoms with Gasteiger partial charge in [-0.3, -0.25) is 9.59 Å². The van der Waals surface area contributed by atoms with Crippen LogP contribution in [0.5, 0.6) is 5.75 Å². The minimum Gasteiger partial charge on any atom is -0.493 e. The van der Waals surface area contributed by atoms with Crippen LogP contribution in [0.3, 0.4) is 0 Å². The molecule has 2 aromatic rings. The van der Waals surface area contributed by atoms with E-state index in [2.05, 4.69) is 24.5 Å². The van der Waals surface area contributed by atoms with E-state index in [9.17, 15) is 9.59 Å². The summed E-state index contributed by atoms with van der Waals surface area (Å²) >= 11 is 0. The van der Waals surface area contributed by atoms with Crippen LogP contribution in [-0.2, 0) is 0 Å². The van der Waals surface area contributed by atoms with Crippen molar-refractivity contribution in [2.75, 3.05) is 11.9 Å². The number of hydrogen-bond donors (Lipinski definition) is 2. The molecule has 0 heterocycles. The monoisotopic (exact) mass is 368 g/mol. The Kier molecular flexibility index (Phi) is 7.41. The van der Waals surface area contributed by atoms with Gasteiger partial charge in [0.15, 0.2) is 0 Å². The highest BCUT2D eigenvalue weighted by molar-refractivity contribution is 6.10. The molecule has 144 valence electrons. The fourth-order valence-electron chi connectivity index (χ4n) is 2.50. The van der Waals surface area contributed by atoms with Gasteiger partial charge in [-0.05, 0) is 50.5 Å². The molecule has 0 radical (unpaired) electrons. The smallest absolute Gasteiger partial charge is 0.259 e. The van der Waals surface area contributed by atoms with Gasteiger partial charge in [-0.25, -0.2) is 0 Å². The molecule has 0 bridgehead atoms. The van der Waals surface area contributed by atoms with Gasteiger partial charge >= 0.3 is 0 Å². The third-order valence-electron chi connectivity index (χ3n) is 3.92. The second kappa shape index (κ2) is 9.76. The van der Waals surface area contributed by atoms with Gasteiger partial charge in [-0.15, -0.1) is 0 Å². The minimum absolute atomic E-state index is 0.0105. The number of anilines is 1. The molecule has 0 aliphatic rings. The van der Waals surface area contributed by atoms with Crippen LogP contribution in [-0.4, -0.2) is 24.5 Å². The summed E-state index contributed by atoms with van der Waals surface area (Å²) in [6.07, 6.45) is 0.911. The Labute approximate surface area is 161 Å². The van der Waals surface area contributed by atoms with Crippen molar-refractivity contribution < 1.29 is 14.3 Å². The maximum atomic E-state index is 12.8. The molecule has 5 nitrogen and oxygen atoms in total. The summed E-state index contributed by atoms with van der Waals surface area (Å²) in [4.78, 5) is 25.2. The zero-order valence-corrected chi connectivity index (χ0v) is 16.4. The molecule has 2 amide bonds. The first-order valence-corrected chi connectivity index (χ1v) is 9.31. The molecule has 0 aromatic heterocycles. The lowest BCUT2D eigenvalue weighted by Crippen LogP contribution is -2.31. The van der Waals surface area contributed by atoms with Crippen LogP contribution in [0.2, 0.25) is 0 Å². The van der Waals surface area contributed by atoms with Crippen LogP contribution in [0.4, 0.5) is 5.69 Å². The van der Waals surface area contributed by atoms with Crippen LogP contribution >= 0.6 is 0 Å². The van der Waals surface area contributed by atoms with Gasteiger partial charge < -0.3 is 15.4 Å². The third kappa shape index (κ3) is 6.13. The maximum absolute atomic E-state index is 12.8. The Morgan fingerprint density at radius 1 is 0.889 bits per heavy atom. The molecule has 0 spiro atoms. The Morgan fingerprint density at radius 2 is 1.52 bits per heavy atom. The van der Waals surface area contributed by atoms with Crippen LogP contribution in [0.1, 0.15) is 54.8 Å². The maximum Gasteiger partial charge on any atom is 0.259 e. The summed E-state index contributed by atoms with van der Waals surface area (Å²) < 4.78 is 5.80. The summed E-state index contributed by atoms with van der Waals surface area (Å²) in [6.45, 7) is 8.59. The predicted octanol–water partition coefficient (Wildman–Crippen LogP) is 4.50. The van der Waals surface area contributed by atoms with Gasteiger partial charge in [0.05, 0.1) is 23.4 Å². The van der Waals surface area contributed by atoms with Gasteiger partial charge in [0.1, 0.15) is 5.75 Å². The molecule has 0 aliphatic heterocycles. The Morgan fingerprint density at radius 3 is 2.19 bits per heavy atom. The second-order valence-corrected chi connectivity index (χ2v) is 7.16. The van der Waals surface area contributed by atoms with E-state index in [1.165, 1.54) is 0 Å². The number of ether oxygens (including phenoxy) is 1. The fourth-order valence-corrected chi connectivity index (χ4v) is 2.50. The van der Waals surface area contributed by atoms with Gasteiger partial charge in [-0.1, -0.05) is 38.1 Å². The Balaban J connectivity index is 2.18. The van der Waals surface area contributed by atoms with Gasteiger partial charge in [0.2, 0.25) is 0 Å². The second-order valence-electron chi connectivity index (χ2n) is 7.16. The molecule has 0 atom stereocenters.